The molecule has 98 valence electrons. The van der Waals surface area contributed by atoms with Crippen molar-refractivity contribution in [3.05, 3.63) is 55.1 Å². The Balaban J connectivity index is 2.31. The van der Waals surface area contributed by atoms with Gasteiger partial charge in [0, 0.05) is 6.07 Å². The van der Waals surface area contributed by atoms with Crippen molar-refractivity contribution < 1.29 is 9.66 Å². The van der Waals surface area contributed by atoms with Crippen molar-refractivity contribution >= 4 is 37.5 Å². The molecule has 2 rings (SSSR count). The third-order valence-electron chi connectivity index (χ3n) is 2.30. The molecule has 0 saturated carbocycles. The molecule has 0 unspecified atom stereocenters. The minimum Gasteiger partial charge on any atom is -0.437 e. The van der Waals surface area contributed by atoms with Gasteiger partial charge in [0.2, 0.25) is 5.88 Å². The van der Waals surface area contributed by atoms with Crippen LogP contribution in [0.4, 0.5) is 5.69 Å². The van der Waals surface area contributed by atoms with Gasteiger partial charge in [-0.3, -0.25) is 10.1 Å². The van der Waals surface area contributed by atoms with Gasteiger partial charge in [-0.15, -0.1) is 0 Å². The van der Waals surface area contributed by atoms with E-state index in [1.165, 1.54) is 6.07 Å². The van der Waals surface area contributed by atoms with E-state index >= 15 is 0 Å². The van der Waals surface area contributed by atoms with Crippen molar-refractivity contribution in [1.82, 2.24) is 4.98 Å². The van der Waals surface area contributed by atoms with E-state index in [2.05, 4.69) is 36.8 Å². The number of hydrogen-bond acceptors (Lipinski definition) is 4. The maximum Gasteiger partial charge on any atom is 0.288 e. The van der Waals surface area contributed by atoms with Crippen LogP contribution in [0.2, 0.25) is 0 Å². The van der Waals surface area contributed by atoms with Gasteiger partial charge >= 0.3 is 0 Å². The fraction of sp³-hybridized carbons (Fsp3) is 0.0833. The van der Waals surface area contributed by atoms with E-state index in [-0.39, 0.29) is 11.6 Å². The molecule has 0 aliphatic rings. The first-order valence-corrected chi connectivity index (χ1v) is 6.80. The van der Waals surface area contributed by atoms with Crippen LogP contribution >= 0.6 is 31.9 Å². The van der Waals surface area contributed by atoms with Gasteiger partial charge in [-0.2, -0.15) is 0 Å². The zero-order chi connectivity index (χ0) is 14.0. The molecule has 0 aliphatic heterocycles. The Labute approximate surface area is 126 Å². The topological polar surface area (TPSA) is 65.3 Å². The van der Waals surface area contributed by atoms with Crippen molar-refractivity contribution in [1.29, 1.82) is 0 Å². The lowest BCUT2D eigenvalue weighted by Crippen LogP contribution is -1.94. The molecule has 0 aliphatic carbocycles. The number of pyridine rings is 1. The predicted molar refractivity (Wildman–Crippen MR) is 77.5 cm³/mol. The summed E-state index contributed by atoms with van der Waals surface area (Å²) < 4.78 is 6.82. The van der Waals surface area contributed by atoms with Crippen molar-refractivity contribution in [3.63, 3.8) is 0 Å². The number of aryl methyl sites for hydroxylation is 1. The lowest BCUT2D eigenvalue weighted by atomic mass is 10.2. The Morgan fingerprint density at radius 2 is 2.00 bits per heavy atom. The minimum atomic E-state index is -0.511. The molecule has 0 saturated heterocycles. The Morgan fingerprint density at radius 3 is 2.58 bits per heavy atom. The van der Waals surface area contributed by atoms with Crippen LogP contribution in [0.1, 0.15) is 5.56 Å². The highest BCUT2D eigenvalue weighted by Crippen LogP contribution is 2.34. The van der Waals surface area contributed by atoms with Crippen LogP contribution in [0.15, 0.2) is 39.4 Å². The first-order valence-electron chi connectivity index (χ1n) is 5.21. The number of nitrogens with zero attached hydrogens (tertiary/aromatic N) is 2. The summed E-state index contributed by atoms with van der Waals surface area (Å²) in [6.45, 7) is 1.97. The molecule has 0 amide bonds. The van der Waals surface area contributed by atoms with Gasteiger partial charge in [0.1, 0.15) is 11.9 Å². The Morgan fingerprint density at radius 1 is 1.26 bits per heavy atom. The van der Waals surface area contributed by atoms with Crippen LogP contribution in [0.5, 0.6) is 11.6 Å². The smallest absolute Gasteiger partial charge is 0.288 e. The van der Waals surface area contributed by atoms with Gasteiger partial charge in [-0.05, 0) is 56.5 Å². The maximum absolute atomic E-state index is 10.6. The number of benzene rings is 1. The fourth-order valence-electron chi connectivity index (χ4n) is 1.38. The SMILES string of the molecule is Cc1ccc(Oc2ncc([N+](=O)[O-])cc2Br)c(Br)c1. The van der Waals surface area contributed by atoms with E-state index in [1.54, 1.807) is 6.07 Å². The summed E-state index contributed by atoms with van der Waals surface area (Å²) in [4.78, 5) is 14.0. The van der Waals surface area contributed by atoms with Crippen LogP contribution in [-0.4, -0.2) is 9.91 Å². The van der Waals surface area contributed by atoms with E-state index in [1.807, 2.05) is 19.1 Å². The summed E-state index contributed by atoms with van der Waals surface area (Å²) in [7, 11) is 0. The average molecular weight is 388 g/mol. The largest absolute Gasteiger partial charge is 0.437 e. The van der Waals surface area contributed by atoms with Gasteiger partial charge in [0.15, 0.2) is 0 Å². The van der Waals surface area contributed by atoms with Crippen LogP contribution in [-0.2, 0) is 0 Å². The third-order valence-corrected chi connectivity index (χ3v) is 3.49. The van der Waals surface area contributed by atoms with E-state index in [0.29, 0.717) is 10.2 Å². The number of nitro groups is 1. The molecule has 1 aromatic heterocycles. The van der Waals surface area contributed by atoms with Crippen LogP contribution < -0.4 is 4.74 Å². The Hall–Kier alpha value is -1.47. The van der Waals surface area contributed by atoms with Gasteiger partial charge in [0.05, 0.1) is 13.9 Å². The molecule has 1 heterocycles. The summed E-state index contributed by atoms with van der Waals surface area (Å²) >= 11 is 6.60. The molecule has 1 aromatic carbocycles. The number of ether oxygens (including phenoxy) is 1. The second-order valence-electron chi connectivity index (χ2n) is 3.77. The van der Waals surface area contributed by atoms with Gasteiger partial charge in [0.25, 0.3) is 5.69 Å². The Bertz CT molecular complexity index is 647. The predicted octanol–water partition coefficient (Wildman–Crippen LogP) is 4.62. The van der Waals surface area contributed by atoms with E-state index in [9.17, 15) is 10.1 Å². The molecule has 5 nitrogen and oxygen atoms in total. The second-order valence-corrected chi connectivity index (χ2v) is 5.48. The van der Waals surface area contributed by atoms with Gasteiger partial charge < -0.3 is 4.74 Å². The van der Waals surface area contributed by atoms with Crippen LogP contribution in [0.3, 0.4) is 0 Å². The molecule has 0 atom stereocenters. The Kier molecular flexibility index (Phi) is 4.16. The summed E-state index contributed by atoms with van der Waals surface area (Å²) in [5.41, 5.74) is 0.997. The van der Waals surface area contributed by atoms with E-state index in [0.717, 1.165) is 16.2 Å². The highest BCUT2D eigenvalue weighted by atomic mass is 79.9. The number of halogens is 2. The molecular weight excluding hydrogens is 380 g/mol. The van der Waals surface area contributed by atoms with Crippen molar-refractivity contribution in [2.45, 2.75) is 6.92 Å². The number of rotatable bonds is 3. The summed E-state index contributed by atoms with van der Waals surface area (Å²) in [5.74, 6) is 0.864. The first-order chi connectivity index (χ1) is 8.97. The highest BCUT2D eigenvalue weighted by Gasteiger charge is 2.13. The lowest BCUT2D eigenvalue weighted by Gasteiger charge is -2.08. The van der Waals surface area contributed by atoms with E-state index in [4.69, 9.17) is 4.74 Å². The first kappa shape index (κ1) is 14.0. The standard InChI is InChI=1S/C12H8Br2N2O3/c1-7-2-3-11(9(13)4-7)19-12-10(14)5-8(6-15-12)16(17)18/h2-6H,1H3. The molecule has 19 heavy (non-hydrogen) atoms. The summed E-state index contributed by atoms with van der Waals surface area (Å²) in [6.07, 6.45) is 1.15. The molecule has 0 radical (unpaired) electrons. The molecule has 0 spiro atoms. The lowest BCUT2D eigenvalue weighted by molar-refractivity contribution is -0.385. The summed E-state index contributed by atoms with van der Waals surface area (Å²) in [6, 6.07) is 6.97. The minimum absolute atomic E-state index is 0.0952. The van der Waals surface area contributed by atoms with Crippen LogP contribution in [0.25, 0.3) is 0 Å². The fourth-order valence-corrected chi connectivity index (χ4v) is 2.38. The normalized spacial score (nSPS) is 10.3. The maximum atomic E-state index is 10.6. The number of aromatic nitrogens is 1. The third kappa shape index (κ3) is 3.30. The molecule has 0 bridgehead atoms. The van der Waals surface area contributed by atoms with Crippen molar-refractivity contribution in [2.75, 3.05) is 0 Å². The number of hydrogen-bond donors (Lipinski definition) is 0. The van der Waals surface area contributed by atoms with E-state index < -0.39 is 4.92 Å². The zero-order valence-corrected chi connectivity index (χ0v) is 12.9. The average Bonchev–Trinajstić information content (AvgIpc) is 2.34. The summed E-state index contributed by atoms with van der Waals surface area (Å²) in [5, 5.41) is 10.6. The van der Waals surface area contributed by atoms with Crippen LogP contribution in [0, 0.1) is 17.0 Å². The highest BCUT2D eigenvalue weighted by molar-refractivity contribution is 9.11. The van der Waals surface area contributed by atoms with Gasteiger partial charge in [-0.25, -0.2) is 4.98 Å². The monoisotopic (exact) mass is 386 g/mol. The second kappa shape index (κ2) is 5.66. The van der Waals surface area contributed by atoms with Crippen molar-refractivity contribution in [2.24, 2.45) is 0 Å². The molecular formula is C12H8Br2N2O3. The molecule has 0 N–H and O–H groups in total. The quantitative estimate of drug-likeness (QED) is 0.569. The van der Waals surface area contributed by atoms with Crippen molar-refractivity contribution in [3.8, 4) is 11.6 Å². The molecule has 0 fully saturated rings. The zero-order valence-electron chi connectivity index (χ0n) is 9.76. The molecule has 2 aromatic rings. The van der Waals surface area contributed by atoms with Gasteiger partial charge in [-0.1, -0.05) is 6.07 Å². The molecule has 7 heteroatoms.